The number of halogens is 1. The second-order valence-corrected chi connectivity index (χ2v) is 5.35. The topological polar surface area (TPSA) is 47.0 Å². The van der Waals surface area contributed by atoms with Crippen LogP contribution in [0.4, 0.5) is 0 Å². The summed E-state index contributed by atoms with van der Waals surface area (Å²) in [5, 5.41) is 12.5. The van der Waals surface area contributed by atoms with E-state index in [1.54, 1.807) is 0 Å². The van der Waals surface area contributed by atoms with E-state index in [9.17, 15) is 0 Å². The summed E-state index contributed by atoms with van der Waals surface area (Å²) in [5.74, 6) is 0. The van der Waals surface area contributed by atoms with Crippen LogP contribution in [0.25, 0.3) is 0 Å². The maximum absolute atomic E-state index is 5.56. The van der Waals surface area contributed by atoms with Crippen molar-refractivity contribution >= 4 is 27.3 Å². The monoisotopic (exact) mass is 313 g/mol. The summed E-state index contributed by atoms with van der Waals surface area (Å²) in [5.41, 5.74) is 1.11. The van der Waals surface area contributed by atoms with E-state index in [1.165, 1.54) is 11.3 Å². The van der Waals surface area contributed by atoms with Gasteiger partial charge < -0.3 is 10.1 Å². The summed E-state index contributed by atoms with van der Waals surface area (Å²) >= 11 is 4.86. The minimum absolute atomic E-state index is 0.515. The van der Waals surface area contributed by atoms with Gasteiger partial charge in [-0.15, -0.1) is 5.10 Å². The van der Waals surface area contributed by atoms with Crippen LogP contribution in [-0.4, -0.2) is 17.2 Å². The molecule has 90 valence electrons. The van der Waals surface area contributed by atoms with Gasteiger partial charge in [0.05, 0.1) is 0 Å². The fourth-order valence-electron chi connectivity index (χ4n) is 1.24. The number of nitrogens with zero attached hydrogens (tertiary/aromatic N) is 2. The highest BCUT2D eigenvalue weighted by Gasteiger charge is 2.04. The first-order chi connectivity index (χ1) is 8.28. The zero-order valence-electron chi connectivity index (χ0n) is 9.31. The van der Waals surface area contributed by atoms with E-state index in [4.69, 9.17) is 4.74 Å². The van der Waals surface area contributed by atoms with Gasteiger partial charge in [0, 0.05) is 11.0 Å². The SMILES string of the molecule is CNCc1nnc(OCc2ccc(Br)cc2)s1. The average molecular weight is 314 g/mol. The normalized spacial score (nSPS) is 10.5. The van der Waals surface area contributed by atoms with Gasteiger partial charge in [0.2, 0.25) is 0 Å². The zero-order valence-corrected chi connectivity index (χ0v) is 11.7. The number of hydrogen-bond donors (Lipinski definition) is 1. The first-order valence-electron chi connectivity index (χ1n) is 5.12. The third kappa shape index (κ3) is 3.76. The summed E-state index contributed by atoms with van der Waals surface area (Å²) in [4.78, 5) is 0. The van der Waals surface area contributed by atoms with Gasteiger partial charge in [-0.25, -0.2) is 0 Å². The van der Waals surface area contributed by atoms with E-state index in [0.29, 0.717) is 11.8 Å². The van der Waals surface area contributed by atoms with Gasteiger partial charge in [-0.2, -0.15) is 0 Å². The van der Waals surface area contributed by atoms with Crippen molar-refractivity contribution in [1.82, 2.24) is 15.5 Å². The number of benzene rings is 1. The van der Waals surface area contributed by atoms with Crippen molar-refractivity contribution in [2.45, 2.75) is 13.2 Å². The molecule has 1 N–H and O–H groups in total. The van der Waals surface area contributed by atoms with Crippen molar-refractivity contribution < 1.29 is 4.74 Å². The molecule has 0 fully saturated rings. The zero-order chi connectivity index (χ0) is 12.1. The molecule has 2 aromatic rings. The first kappa shape index (κ1) is 12.5. The molecule has 2 rings (SSSR count). The summed E-state index contributed by atoms with van der Waals surface area (Å²) in [6.07, 6.45) is 0. The van der Waals surface area contributed by atoms with Crippen LogP contribution in [0.1, 0.15) is 10.6 Å². The molecule has 0 saturated heterocycles. The number of ether oxygens (including phenoxy) is 1. The Kier molecular flexibility index (Phi) is 4.47. The molecule has 0 amide bonds. The molecular weight excluding hydrogens is 302 g/mol. The van der Waals surface area contributed by atoms with Crippen molar-refractivity contribution in [3.63, 3.8) is 0 Å². The van der Waals surface area contributed by atoms with E-state index >= 15 is 0 Å². The van der Waals surface area contributed by atoms with E-state index < -0.39 is 0 Å². The maximum Gasteiger partial charge on any atom is 0.294 e. The molecule has 0 aliphatic rings. The molecule has 0 unspecified atom stereocenters. The van der Waals surface area contributed by atoms with Crippen LogP contribution in [-0.2, 0) is 13.2 Å². The molecule has 0 aliphatic carbocycles. The first-order valence-corrected chi connectivity index (χ1v) is 6.73. The lowest BCUT2D eigenvalue weighted by Crippen LogP contribution is -2.04. The second kappa shape index (κ2) is 6.09. The van der Waals surface area contributed by atoms with Crippen LogP contribution in [0.5, 0.6) is 5.19 Å². The van der Waals surface area contributed by atoms with E-state index in [0.717, 1.165) is 21.6 Å². The van der Waals surface area contributed by atoms with Crippen molar-refractivity contribution in [2.24, 2.45) is 0 Å². The van der Waals surface area contributed by atoms with Gasteiger partial charge in [-0.1, -0.05) is 44.5 Å². The van der Waals surface area contributed by atoms with Crippen LogP contribution in [0, 0.1) is 0 Å². The van der Waals surface area contributed by atoms with Gasteiger partial charge in [0.15, 0.2) is 0 Å². The summed E-state index contributed by atoms with van der Waals surface area (Å²) in [7, 11) is 1.88. The molecule has 17 heavy (non-hydrogen) atoms. The minimum Gasteiger partial charge on any atom is -0.464 e. The van der Waals surface area contributed by atoms with Crippen LogP contribution in [0.15, 0.2) is 28.7 Å². The Hall–Kier alpha value is -0.980. The lowest BCUT2D eigenvalue weighted by atomic mass is 10.2. The molecule has 0 aliphatic heterocycles. The molecule has 0 spiro atoms. The van der Waals surface area contributed by atoms with Crippen molar-refractivity contribution in [3.05, 3.63) is 39.3 Å². The van der Waals surface area contributed by atoms with Crippen LogP contribution in [0.3, 0.4) is 0 Å². The van der Waals surface area contributed by atoms with Crippen molar-refractivity contribution in [2.75, 3.05) is 7.05 Å². The molecule has 0 radical (unpaired) electrons. The van der Waals surface area contributed by atoms with Crippen LogP contribution >= 0.6 is 27.3 Å². The molecule has 1 aromatic carbocycles. The average Bonchev–Trinajstić information content (AvgIpc) is 2.77. The fraction of sp³-hybridized carbons (Fsp3) is 0.273. The molecule has 4 nitrogen and oxygen atoms in total. The Morgan fingerprint density at radius 3 is 2.76 bits per heavy atom. The van der Waals surface area contributed by atoms with Gasteiger partial charge in [0.25, 0.3) is 5.19 Å². The highest BCUT2D eigenvalue weighted by atomic mass is 79.9. The quantitative estimate of drug-likeness (QED) is 0.921. The number of nitrogens with one attached hydrogen (secondary N) is 1. The maximum atomic E-state index is 5.56. The minimum atomic E-state index is 0.515. The Labute approximate surface area is 112 Å². The molecule has 1 aromatic heterocycles. The van der Waals surface area contributed by atoms with Gasteiger partial charge in [0.1, 0.15) is 11.6 Å². The molecular formula is C11H12BrN3OS. The lowest BCUT2D eigenvalue weighted by molar-refractivity contribution is 0.302. The molecule has 1 heterocycles. The van der Waals surface area contributed by atoms with Gasteiger partial charge in [-0.3, -0.25) is 0 Å². The smallest absolute Gasteiger partial charge is 0.294 e. The third-order valence-electron chi connectivity index (χ3n) is 2.05. The predicted octanol–water partition coefficient (Wildman–Crippen LogP) is 2.60. The highest BCUT2D eigenvalue weighted by Crippen LogP contribution is 2.19. The number of rotatable bonds is 5. The Morgan fingerprint density at radius 2 is 2.06 bits per heavy atom. The van der Waals surface area contributed by atoms with Gasteiger partial charge in [-0.05, 0) is 24.7 Å². The fourth-order valence-corrected chi connectivity index (χ4v) is 2.21. The summed E-state index contributed by atoms with van der Waals surface area (Å²) in [6, 6.07) is 8.01. The van der Waals surface area contributed by atoms with Crippen molar-refractivity contribution in [1.29, 1.82) is 0 Å². The van der Waals surface area contributed by atoms with E-state index in [-0.39, 0.29) is 0 Å². The Morgan fingerprint density at radius 1 is 1.29 bits per heavy atom. The number of hydrogen-bond acceptors (Lipinski definition) is 5. The third-order valence-corrected chi connectivity index (χ3v) is 3.42. The summed E-state index contributed by atoms with van der Waals surface area (Å²) < 4.78 is 6.62. The van der Waals surface area contributed by atoms with E-state index in [1.807, 2.05) is 31.3 Å². The van der Waals surface area contributed by atoms with Crippen LogP contribution in [0.2, 0.25) is 0 Å². The largest absolute Gasteiger partial charge is 0.464 e. The molecule has 0 bridgehead atoms. The number of aromatic nitrogens is 2. The summed E-state index contributed by atoms with van der Waals surface area (Å²) in [6.45, 7) is 1.24. The molecule has 0 atom stereocenters. The van der Waals surface area contributed by atoms with Crippen LogP contribution < -0.4 is 10.1 Å². The Bertz CT molecular complexity index is 472. The lowest BCUT2D eigenvalue weighted by Gasteiger charge is -2.01. The second-order valence-electron chi connectivity index (χ2n) is 3.41. The Balaban J connectivity index is 1.90. The molecule has 0 saturated carbocycles. The van der Waals surface area contributed by atoms with E-state index in [2.05, 4.69) is 31.4 Å². The predicted molar refractivity (Wildman–Crippen MR) is 71.1 cm³/mol. The molecule has 6 heteroatoms. The standard InChI is InChI=1S/C11H12BrN3OS/c1-13-6-10-14-15-11(17-10)16-7-8-2-4-9(12)5-3-8/h2-5,13H,6-7H2,1H3. The highest BCUT2D eigenvalue weighted by molar-refractivity contribution is 9.10. The van der Waals surface area contributed by atoms with Crippen molar-refractivity contribution in [3.8, 4) is 5.19 Å². The van der Waals surface area contributed by atoms with Gasteiger partial charge >= 0.3 is 0 Å².